The Balaban J connectivity index is 3.11. The highest BCUT2D eigenvalue weighted by atomic mass is 35.5. The summed E-state index contributed by atoms with van der Waals surface area (Å²) >= 11 is 11.8. The minimum absolute atomic E-state index is 0.125. The summed E-state index contributed by atoms with van der Waals surface area (Å²) in [4.78, 5) is 11.2. The largest absolute Gasteiger partial charge is 0.494 e. The number of ether oxygens (including phenoxy) is 1. The average molecular weight is 247 g/mol. The van der Waals surface area contributed by atoms with E-state index in [-0.39, 0.29) is 5.78 Å². The summed E-state index contributed by atoms with van der Waals surface area (Å²) in [6, 6.07) is 5.09. The summed E-state index contributed by atoms with van der Waals surface area (Å²) < 4.78 is 5.37. The van der Waals surface area contributed by atoms with Crippen molar-refractivity contribution in [2.45, 2.75) is 19.2 Å². The van der Waals surface area contributed by atoms with E-state index in [1.807, 2.05) is 6.92 Å². The first kappa shape index (κ1) is 12.3. The number of ketones is 1. The summed E-state index contributed by atoms with van der Waals surface area (Å²) in [5.41, 5.74) is 0.624. The van der Waals surface area contributed by atoms with Crippen molar-refractivity contribution in [3.8, 4) is 5.75 Å². The van der Waals surface area contributed by atoms with Crippen LogP contribution in [0.1, 0.15) is 24.8 Å². The van der Waals surface area contributed by atoms with Crippen LogP contribution in [-0.2, 0) is 4.79 Å². The molecule has 82 valence electrons. The molecule has 15 heavy (non-hydrogen) atoms. The SMILES string of the molecule is CCOc1ccc(Cl)cc1C(Cl)C(C)=O. The second-order valence-electron chi connectivity index (χ2n) is 3.09. The minimum Gasteiger partial charge on any atom is -0.494 e. The van der Waals surface area contributed by atoms with Crippen molar-refractivity contribution >= 4 is 29.0 Å². The van der Waals surface area contributed by atoms with Gasteiger partial charge in [-0.05, 0) is 32.0 Å². The molecule has 0 spiro atoms. The van der Waals surface area contributed by atoms with Crippen molar-refractivity contribution in [2.75, 3.05) is 6.61 Å². The number of alkyl halides is 1. The number of hydrogen-bond acceptors (Lipinski definition) is 2. The smallest absolute Gasteiger partial charge is 0.152 e. The topological polar surface area (TPSA) is 26.3 Å². The van der Waals surface area contributed by atoms with Gasteiger partial charge in [0.1, 0.15) is 11.1 Å². The molecule has 0 heterocycles. The molecule has 0 aliphatic carbocycles. The zero-order valence-corrected chi connectivity index (χ0v) is 10.1. The molecule has 0 fully saturated rings. The number of benzene rings is 1. The molecule has 1 rings (SSSR count). The van der Waals surface area contributed by atoms with Crippen LogP contribution in [0.3, 0.4) is 0 Å². The molecule has 4 heteroatoms. The van der Waals surface area contributed by atoms with E-state index in [9.17, 15) is 4.79 Å². The van der Waals surface area contributed by atoms with Gasteiger partial charge in [-0.25, -0.2) is 0 Å². The second-order valence-corrected chi connectivity index (χ2v) is 3.96. The van der Waals surface area contributed by atoms with E-state index in [0.29, 0.717) is 22.9 Å². The molecule has 0 aromatic heterocycles. The van der Waals surface area contributed by atoms with E-state index in [1.54, 1.807) is 18.2 Å². The molecule has 0 bridgehead atoms. The predicted molar refractivity (Wildman–Crippen MR) is 61.9 cm³/mol. The Morgan fingerprint density at radius 3 is 2.73 bits per heavy atom. The van der Waals surface area contributed by atoms with Crippen molar-refractivity contribution in [1.82, 2.24) is 0 Å². The molecule has 2 nitrogen and oxygen atoms in total. The van der Waals surface area contributed by atoms with Crippen LogP contribution in [0.25, 0.3) is 0 Å². The first-order chi connectivity index (χ1) is 7.06. The molecule has 0 amide bonds. The Morgan fingerprint density at radius 2 is 2.20 bits per heavy atom. The summed E-state index contributed by atoms with van der Waals surface area (Å²) in [5, 5.41) is -0.161. The fourth-order valence-corrected chi connectivity index (χ4v) is 1.57. The third kappa shape index (κ3) is 3.11. The number of carbonyl (C=O) groups is 1. The van der Waals surface area contributed by atoms with Gasteiger partial charge < -0.3 is 4.74 Å². The zero-order chi connectivity index (χ0) is 11.4. The van der Waals surface area contributed by atoms with Gasteiger partial charge in [0.05, 0.1) is 6.61 Å². The third-order valence-corrected chi connectivity index (χ3v) is 2.68. The average Bonchev–Trinajstić information content (AvgIpc) is 2.20. The predicted octanol–water partition coefficient (Wildman–Crippen LogP) is 3.61. The quantitative estimate of drug-likeness (QED) is 0.759. The molecular formula is C11H12Cl2O2. The van der Waals surface area contributed by atoms with Crippen LogP contribution >= 0.6 is 23.2 Å². The van der Waals surface area contributed by atoms with E-state index in [2.05, 4.69) is 0 Å². The van der Waals surface area contributed by atoms with Gasteiger partial charge in [-0.3, -0.25) is 4.79 Å². The maximum Gasteiger partial charge on any atom is 0.152 e. The van der Waals surface area contributed by atoms with Crippen LogP contribution in [0.5, 0.6) is 5.75 Å². The number of rotatable bonds is 4. The minimum atomic E-state index is -0.703. The van der Waals surface area contributed by atoms with E-state index in [1.165, 1.54) is 6.92 Å². The summed E-state index contributed by atoms with van der Waals surface area (Å²) in [6.07, 6.45) is 0. The van der Waals surface area contributed by atoms with Crippen molar-refractivity contribution in [3.63, 3.8) is 0 Å². The molecule has 0 saturated heterocycles. The maximum absolute atomic E-state index is 11.2. The van der Waals surface area contributed by atoms with Gasteiger partial charge in [-0.15, -0.1) is 11.6 Å². The Bertz CT molecular complexity index is 364. The lowest BCUT2D eigenvalue weighted by molar-refractivity contribution is -0.116. The Hall–Kier alpha value is -0.730. The summed E-state index contributed by atoms with van der Waals surface area (Å²) in [6.45, 7) is 3.83. The van der Waals surface area contributed by atoms with E-state index in [0.717, 1.165) is 0 Å². The highest BCUT2D eigenvalue weighted by Gasteiger charge is 2.18. The first-order valence-corrected chi connectivity index (χ1v) is 5.44. The lowest BCUT2D eigenvalue weighted by Gasteiger charge is -2.13. The van der Waals surface area contributed by atoms with Crippen LogP contribution in [-0.4, -0.2) is 12.4 Å². The summed E-state index contributed by atoms with van der Waals surface area (Å²) in [7, 11) is 0. The lowest BCUT2D eigenvalue weighted by atomic mass is 10.1. The van der Waals surface area contributed by atoms with E-state index < -0.39 is 5.38 Å². The van der Waals surface area contributed by atoms with E-state index >= 15 is 0 Å². The standard InChI is InChI=1S/C11H12Cl2O2/c1-3-15-10-5-4-8(12)6-9(10)11(13)7(2)14/h4-6,11H,3H2,1-2H3. The highest BCUT2D eigenvalue weighted by Crippen LogP contribution is 2.32. The highest BCUT2D eigenvalue weighted by molar-refractivity contribution is 6.32. The fourth-order valence-electron chi connectivity index (χ4n) is 1.22. The Kier molecular flexibility index (Phi) is 4.43. The van der Waals surface area contributed by atoms with Gasteiger partial charge in [0.25, 0.3) is 0 Å². The van der Waals surface area contributed by atoms with Crippen LogP contribution in [0, 0.1) is 0 Å². The van der Waals surface area contributed by atoms with Gasteiger partial charge in [0.2, 0.25) is 0 Å². The molecule has 0 aliphatic heterocycles. The molecule has 1 unspecified atom stereocenters. The Labute approximate surface area is 99.1 Å². The van der Waals surface area contributed by atoms with Crippen molar-refractivity contribution in [2.24, 2.45) is 0 Å². The number of halogens is 2. The first-order valence-electron chi connectivity index (χ1n) is 4.63. The van der Waals surface area contributed by atoms with Gasteiger partial charge in [0.15, 0.2) is 5.78 Å². The number of Topliss-reactive ketones (excluding diaryl/α,β-unsaturated/α-hetero) is 1. The normalized spacial score (nSPS) is 12.3. The fraction of sp³-hybridized carbons (Fsp3) is 0.364. The van der Waals surface area contributed by atoms with Crippen LogP contribution in [0.2, 0.25) is 5.02 Å². The molecule has 1 atom stereocenters. The zero-order valence-electron chi connectivity index (χ0n) is 8.59. The monoisotopic (exact) mass is 246 g/mol. The van der Waals surface area contributed by atoms with Gasteiger partial charge in [-0.2, -0.15) is 0 Å². The molecule has 0 saturated carbocycles. The van der Waals surface area contributed by atoms with Gasteiger partial charge in [0, 0.05) is 10.6 Å². The van der Waals surface area contributed by atoms with Crippen molar-refractivity contribution in [1.29, 1.82) is 0 Å². The molecular weight excluding hydrogens is 235 g/mol. The third-order valence-electron chi connectivity index (χ3n) is 1.90. The van der Waals surface area contributed by atoms with Crippen LogP contribution in [0.4, 0.5) is 0 Å². The molecule has 1 aromatic rings. The molecule has 1 aromatic carbocycles. The summed E-state index contributed by atoms with van der Waals surface area (Å²) in [5.74, 6) is 0.483. The van der Waals surface area contributed by atoms with Crippen LogP contribution in [0.15, 0.2) is 18.2 Å². The molecule has 0 radical (unpaired) electrons. The maximum atomic E-state index is 11.2. The van der Waals surface area contributed by atoms with Crippen molar-refractivity contribution in [3.05, 3.63) is 28.8 Å². The van der Waals surface area contributed by atoms with Gasteiger partial charge >= 0.3 is 0 Å². The van der Waals surface area contributed by atoms with Gasteiger partial charge in [-0.1, -0.05) is 11.6 Å². The van der Waals surface area contributed by atoms with E-state index in [4.69, 9.17) is 27.9 Å². The molecule has 0 aliphatic rings. The number of carbonyl (C=O) groups excluding carboxylic acids is 1. The second kappa shape index (κ2) is 5.38. The van der Waals surface area contributed by atoms with Crippen LogP contribution < -0.4 is 4.74 Å². The lowest BCUT2D eigenvalue weighted by Crippen LogP contribution is -2.05. The molecule has 0 N–H and O–H groups in total. The number of hydrogen-bond donors (Lipinski definition) is 0. The Morgan fingerprint density at radius 1 is 1.53 bits per heavy atom. The van der Waals surface area contributed by atoms with Crippen molar-refractivity contribution < 1.29 is 9.53 Å².